The molecule has 0 radical (unpaired) electrons. The fraction of sp³-hybridized carbons (Fsp3) is 0.417. The highest BCUT2D eigenvalue weighted by Crippen LogP contribution is 2.32. The van der Waals surface area contributed by atoms with Gasteiger partial charge in [0.1, 0.15) is 13.1 Å². The van der Waals surface area contributed by atoms with Crippen LogP contribution < -0.4 is 9.80 Å². The molecule has 1 aromatic heterocycles. The number of quaternary nitrogens is 1. The predicted molar refractivity (Wildman–Crippen MR) is 123 cm³/mol. The van der Waals surface area contributed by atoms with E-state index < -0.39 is 0 Å². The van der Waals surface area contributed by atoms with Crippen molar-refractivity contribution in [2.75, 3.05) is 44.3 Å². The number of carbonyl (C=O) groups excluding carboxylic acids is 1. The van der Waals surface area contributed by atoms with Gasteiger partial charge in [-0.2, -0.15) is 0 Å². The Morgan fingerprint density at radius 2 is 1.93 bits per heavy atom. The molecular weight excluding hydrogens is 394 g/mol. The molecule has 0 saturated carbocycles. The zero-order valence-corrected chi connectivity index (χ0v) is 18.6. The minimum atomic E-state index is 0.117. The van der Waals surface area contributed by atoms with E-state index in [1.165, 1.54) is 11.1 Å². The van der Waals surface area contributed by atoms with Gasteiger partial charge in [0.25, 0.3) is 0 Å². The topological polar surface area (TPSA) is 46.9 Å². The molecule has 3 aromatic rings. The lowest BCUT2D eigenvalue weighted by atomic mass is 10.1. The number of morpholine rings is 1. The number of ether oxygens (including phenoxy) is 1. The van der Waals surface area contributed by atoms with Crippen LogP contribution in [0.25, 0.3) is 10.2 Å². The first-order chi connectivity index (χ1) is 14.6. The highest BCUT2D eigenvalue weighted by molar-refractivity contribution is 7.22. The van der Waals surface area contributed by atoms with E-state index in [0.717, 1.165) is 60.2 Å². The number of thiazole rings is 1. The molecule has 0 unspecified atom stereocenters. The van der Waals surface area contributed by atoms with Crippen molar-refractivity contribution in [3.8, 4) is 0 Å². The number of nitrogens with one attached hydrogen (secondary N) is 1. The van der Waals surface area contributed by atoms with Gasteiger partial charge < -0.3 is 9.64 Å². The Balaban J connectivity index is 1.54. The fourth-order valence-electron chi connectivity index (χ4n) is 4.06. The molecule has 1 aliphatic rings. The first kappa shape index (κ1) is 21.0. The smallest absolute Gasteiger partial charge is 0.233 e. The second kappa shape index (κ2) is 9.69. The number of hydrogen-bond acceptors (Lipinski definition) is 4. The number of anilines is 1. The molecule has 1 amide bonds. The average Bonchev–Trinajstić information content (AvgIpc) is 3.16. The molecule has 2 heterocycles. The molecule has 2 aromatic carbocycles. The molecule has 5 nitrogen and oxygen atoms in total. The van der Waals surface area contributed by atoms with Crippen LogP contribution in [0.15, 0.2) is 42.5 Å². The minimum Gasteiger partial charge on any atom is -0.370 e. The standard InChI is InChI=1S/C24H29N3O2S/c1-18-15-19(2)23-21(16-18)30-24(25-23)27(10-6-9-26-11-13-29-14-12-26)22(28)17-20-7-4-3-5-8-20/h3-5,7-8,15-16H,6,9-14,17H2,1-2H3/p+1. The number of aryl methyl sites for hydroxylation is 2. The van der Waals surface area contributed by atoms with Crippen LogP contribution in [0.2, 0.25) is 0 Å². The molecule has 0 spiro atoms. The summed E-state index contributed by atoms with van der Waals surface area (Å²) in [5, 5.41) is 0.816. The van der Waals surface area contributed by atoms with Crippen LogP contribution in [0.5, 0.6) is 0 Å². The Morgan fingerprint density at radius 3 is 2.70 bits per heavy atom. The Labute approximate surface area is 182 Å². The highest BCUT2D eigenvalue weighted by atomic mass is 32.1. The zero-order chi connectivity index (χ0) is 20.9. The van der Waals surface area contributed by atoms with Crippen molar-refractivity contribution in [2.24, 2.45) is 0 Å². The maximum atomic E-state index is 13.3. The van der Waals surface area contributed by atoms with E-state index in [-0.39, 0.29) is 5.91 Å². The summed E-state index contributed by atoms with van der Waals surface area (Å²) in [4.78, 5) is 21.6. The van der Waals surface area contributed by atoms with Crippen LogP contribution in [0.4, 0.5) is 5.13 Å². The largest absolute Gasteiger partial charge is 0.370 e. The highest BCUT2D eigenvalue weighted by Gasteiger charge is 2.22. The number of fused-ring (bicyclic) bond motifs is 1. The molecule has 0 bridgehead atoms. The molecule has 0 atom stereocenters. The SMILES string of the molecule is Cc1cc(C)c2nc(N(CCC[NH+]3CCOCC3)C(=O)Cc3ccccc3)sc2c1. The second-order valence-corrected chi connectivity index (χ2v) is 9.11. The van der Waals surface area contributed by atoms with Crippen LogP contribution >= 0.6 is 11.3 Å². The number of aromatic nitrogens is 1. The predicted octanol–water partition coefficient (Wildman–Crippen LogP) is 2.79. The number of rotatable bonds is 7. The molecular formula is C24H30N3O2S+. The summed E-state index contributed by atoms with van der Waals surface area (Å²) in [6.45, 7) is 9.74. The Hall–Kier alpha value is -2.28. The fourth-order valence-corrected chi connectivity index (χ4v) is 5.25. The third kappa shape index (κ3) is 5.06. The quantitative estimate of drug-likeness (QED) is 0.635. The summed E-state index contributed by atoms with van der Waals surface area (Å²) in [5.74, 6) is 0.117. The summed E-state index contributed by atoms with van der Waals surface area (Å²) in [6.07, 6.45) is 1.36. The first-order valence-corrected chi connectivity index (χ1v) is 11.6. The van der Waals surface area contributed by atoms with Crippen LogP contribution in [-0.2, 0) is 16.0 Å². The number of carbonyl (C=O) groups is 1. The summed E-state index contributed by atoms with van der Waals surface area (Å²) in [7, 11) is 0. The molecule has 0 aliphatic carbocycles. The molecule has 1 saturated heterocycles. The van der Waals surface area contributed by atoms with Crippen LogP contribution in [0.1, 0.15) is 23.1 Å². The van der Waals surface area contributed by atoms with E-state index in [0.29, 0.717) is 13.0 Å². The second-order valence-electron chi connectivity index (χ2n) is 8.10. The van der Waals surface area contributed by atoms with Gasteiger partial charge in [-0.05, 0) is 36.6 Å². The number of nitrogens with zero attached hydrogens (tertiary/aromatic N) is 2. The summed E-state index contributed by atoms with van der Waals surface area (Å²) < 4.78 is 6.61. The first-order valence-electron chi connectivity index (χ1n) is 10.7. The van der Waals surface area contributed by atoms with Gasteiger partial charge in [0.2, 0.25) is 5.91 Å². The maximum absolute atomic E-state index is 13.3. The van der Waals surface area contributed by atoms with E-state index in [1.807, 2.05) is 35.2 Å². The van der Waals surface area contributed by atoms with Gasteiger partial charge in [-0.25, -0.2) is 4.98 Å². The van der Waals surface area contributed by atoms with Gasteiger partial charge in [-0.15, -0.1) is 0 Å². The molecule has 1 N–H and O–H groups in total. The summed E-state index contributed by atoms with van der Waals surface area (Å²) in [5.41, 5.74) is 4.45. The van der Waals surface area contributed by atoms with Gasteiger partial charge in [-0.3, -0.25) is 9.69 Å². The number of benzene rings is 2. The van der Waals surface area contributed by atoms with Crippen molar-refractivity contribution in [1.29, 1.82) is 0 Å². The molecule has 1 fully saturated rings. The minimum absolute atomic E-state index is 0.117. The molecule has 4 rings (SSSR count). The molecule has 30 heavy (non-hydrogen) atoms. The van der Waals surface area contributed by atoms with Gasteiger partial charge in [0.15, 0.2) is 5.13 Å². The van der Waals surface area contributed by atoms with Crippen molar-refractivity contribution in [3.63, 3.8) is 0 Å². The summed E-state index contributed by atoms with van der Waals surface area (Å²) >= 11 is 1.63. The van der Waals surface area contributed by atoms with E-state index in [9.17, 15) is 4.79 Å². The van der Waals surface area contributed by atoms with Crippen LogP contribution in [-0.4, -0.2) is 50.3 Å². The normalized spacial score (nSPS) is 14.9. The monoisotopic (exact) mass is 424 g/mol. The number of hydrogen-bond donors (Lipinski definition) is 1. The van der Waals surface area contributed by atoms with Crippen LogP contribution in [0, 0.1) is 13.8 Å². The van der Waals surface area contributed by atoms with Crippen molar-refractivity contribution >= 4 is 32.6 Å². The zero-order valence-electron chi connectivity index (χ0n) is 17.8. The Kier molecular flexibility index (Phi) is 6.77. The number of amides is 1. The Morgan fingerprint density at radius 1 is 1.17 bits per heavy atom. The van der Waals surface area contributed by atoms with Crippen molar-refractivity contribution in [3.05, 3.63) is 59.2 Å². The lowest BCUT2D eigenvalue weighted by molar-refractivity contribution is -0.908. The third-order valence-corrected chi connectivity index (χ3v) is 6.69. The van der Waals surface area contributed by atoms with Gasteiger partial charge in [-0.1, -0.05) is 47.7 Å². The lowest BCUT2D eigenvalue weighted by Gasteiger charge is -2.25. The van der Waals surface area contributed by atoms with Gasteiger partial charge in [0, 0.05) is 13.0 Å². The van der Waals surface area contributed by atoms with Crippen LogP contribution in [0.3, 0.4) is 0 Å². The molecule has 6 heteroatoms. The van der Waals surface area contributed by atoms with E-state index in [1.54, 1.807) is 16.2 Å². The van der Waals surface area contributed by atoms with Crippen molar-refractivity contribution < 1.29 is 14.4 Å². The molecule has 1 aliphatic heterocycles. The summed E-state index contributed by atoms with van der Waals surface area (Å²) in [6, 6.07) is 14.3. The van der Waals surface area contributed by atoms with E-state index >= 15 is 0 Å². The third-order valence-electron chi connectivity index (χ3n) is 5.66. The maximum Gasteiger partial charge on any atom is 0.233 e. The van der Waals surface area contributed by atoms with E-state index in [4.69, 9.17) is 9.72 Å². The average molecular weight is 425 g/mol. The van der Waals surface area contributed by atoms with Gasteiger partial charge >= 0.3 is 0 Å². The van der Waals surface area contributed by atoms with Crippen molar-refractivity contribution in [1.82, 2.24) is 4.98 Å². The van der Waals surface area contributed by atoms with Gasteiger partial charge in [0.05, 0.1) is 36.4 Å². The van der Waals surface area contributed by atoms with E-state index in [2.05, 4.69) is 26.0 Å². The Bertz CT molecular complexity index is 996. The molecule has 158 valence electrons. The lowest BCUT2D eigenvalue weighted by Crippen LogP contribution is -3.14. The van der Waals surface area contributed by atoms with Crippen molar-refractivity contribution in [2.45, 2.75) is 26.7 Å².